The number of primary amides is 1. The molecule has 0 bridgehead atoms. The van der Waals surface area contributed by atoms with Crippen molar-refractivity contribution >= 4 is 5.91 Å². The monoisotopic (exact) mass is 230 g/mol. The molecule has 0 saturated carbocycles. The van der Waals surface area contributed by atoms with Crippen LogP contribution >= 0.6 is 0 Å². The summed E-state index contributed by atoms with van der Waals surface area (Å²) < 4.78 is 5.62. The SMILES string of the molecule is Cc1ccc(OC2=CC(C(N)=O)NC=C2)cc1. The van der Waals surface area contributed by atoms with E-state index in [0.29, 0.717) is 5.76 Å². The molecule has 0 radical (unpaired) electrons. The summed E-state index contributed by atoms with van der Waals surface area (Å²) in [6, 6.07) is 7.18. The molecule has 0 fully saturated rings. The van der Waals surface area contributed by atoms with Crippen LogP contribution in [0.25, 0.3) is 0 Å². The van der Waals surface area contributed by atoms with Gasteiger partial charge in [0.15, 0.2) is 0 Å². The summed E-state index contributed by atoms with van der Waals surface area (Å²) in [7, 11) is 0. The zero-order valence-electron chi connectivity index (χ0n) is 9.51. The van der Waals surface area contributed by atoms with E-state index in [1.807, 2.05) is 31.2 Å². The van der Waals surface area contributed by atoms with Gasteiger partial charge in [-0.15, -0.1) is 0 Å². The van der Waals surface area contributed by atoms with E-state index in [1.165, 1.54) is 5.56 Å². The number of hydrogen-bond donors (Lipinski definition) is 2. The number of benzene rings is 1. The molecule has 2 rings (SSSR count). The van der Waals surface area contributed by atoms with Gasteiger partial charge in [0.1, 0.15) is 17.6 Å². The molecule has 0 aromatic heterocycles. The van der Waals surface area contributed by atoms with Crippen LogP contribution in [0.1, 0.15) is 5.56 Å². The fourth-order valence-corrected chi connectivity index (χ4v) is 1.48. The van der Waals surface area contributed by atoms with Crippen LogP contribution in [0.3, 0.4) is 0 Å². The summed E-state index contributed by atoms with van der Waals surface area (Å²) in [5.41, 5.74) is 6.38. The highest BCUT2D eigenvalue weighted by molar-refractivity contribution is 5.82. The Morgan fingerprint density at radius 1 is 1.35 bits per heavy atom. The minimum atomic E-state index is -0.513. The second kappa shape index (κ2) is 4.74. The first-order chi connectivity index (χ1) is 8.15. The fourth-order valence-electron chi connectivity index (χ4n) is 1.48. The standard InChI is InChI=1S/C13H14N2O2/c1-9-2-4-10(5-3-9)17-11-6-7-15-12(8-11)13(14)16/h2-8,12,15H,1H3,(H2,14,16). The number of nitrogens with one attached hydrogen (secondary N) is 1. The second-order valence-corrected chi connectivity index (χ2v) is 3.86. The number of carbonyl (C=O) groups excluding carboxylic acids is 1. The molecule has 3 N–H and O–H groups in total. The van der Waals surface area contributed by atoms with E-state index in [2.05, 4.69) is 5.32 Å². The normalized spacial score (nSPS) is 18.2. The summed E-state index contributed by atoms with van der Waals surface area (Å²) in [6.07, 6.45) is 5.06. The van der Waals surface area contributed by atoms with Crippen molar-refractivity contribution in [3.05, 3.63) is 53.9 Å². The first kappa shape index (κ1) is 11.3. The van der Waals surface area contributed by atoms with Crippen molar-refractivity contribution in [1.82, 2.24) is 5.32 Å². The maximum atomic E-state index is 11.0. The molecule has 1 amide bonds. The van der Waals surface area contributed by atoms with Gasteiger partial charge in [0.2, 0.25) is 5.91 Å². The molecule has 88 valence electrons. The maximum Gasteiger partial charge on any atom is 0.244 e. The predicted molar refractivity (Wildman–Crippen MR) is 65.1 cm³/mol. The summed E-state index contributed by atoms with van der Waals surface area (Å²) in [4.78, 5) is 11.0. The Kier molecular flexibility index (Phi) is 3.14. The Labute approximate surface area is 99.8 Å². The van der Waals surface area contributed by atoms with Crippen LogP contribution in [0.2, 0.25) is 0 Å². The van der Waals surface area contributed by atoms with E-state index in [9.17, 15) is 4.79 Å². The first-order valence-corrected chi connectivity index (χ1v) is 5.33. The van der Waals surface area contributed by atoms with Gasteiger partial charge in [-0.1, -0.05) is 17.7 Å². The topological polar surface area (TPSA) is 64.3 Å². The molecule has 1 aromatic carbocycles. The molecular formula is C13H14N2O2. The number of ether oxygens (including phenoxy) is 1. The molecular weight excluding hydrogens is 216 g/mol. The van der Waals surface area contributed by atoms with Gasteiger partial charge >= 0.3 is 0 Å². The van der Waals surface area contributed by atoms with Crippen LogP contribution in [0.5, 0.6) is 5.75 Å². The van der Waals surface area contributed by atoms with Gasteiger partial charge in [0, 0.05) is 6.20 Å². The Morgan fingerprint density at radius 3 is 2.71 bits per heavy atom. The number of dihydropyridines is 1. The molecule has 1 aliphatic rings. The predicted octanol–water partition coefficient (Wildman–Crippen LogP) is 1.23. The summed E-state index contributed by atoms with van der Waals surface area (Å²) in [5.74, 6) is 0.910. The number of aryl methyl sites for hydroxylation is 1. The van der Waals surface area contributed by atoms with Crippen molar-refractivity contribution < 1.29 is 9.53 Å². The molecule has 17 heavy (non-hydrogen) atoms. The average molecular weight is 230 g/mol. The Bertz CT molecular complexity index is 475. The smallest absolute Gasteiger partial charge is 0.244 e. The Balaban J connectivity index is 2.10. The lowest BCUT2D eigenvalue weighted by Gasteiger charge is -2.16. The highest BCUT2D eigenvalue weighted by atomic mass is 16.5. The third-order valence-corrected chi connectivity index (χ3v) is 2.42. The second-order valence-electron chi connectivity index (χ2n) is 3.86. The third kappa shape index (κ3) is 2.87. The number of allylic oxidation sites excluding steroid dienone is 1. The zero-order chi connectivity index (χ0) is 12.3. The molecule has 1 aromatic rings. The minimum absolute atomic E-state index is 0.431. The molecule has 4 heteroatoms. The molecule has 1 atom stereocenters. The highest BCUT2D eigenvalue weighted by Crippen LogP contribution is 2.16. The van der Waals surface area contributed by atoms with E-state index >= 15 is 0 Å². The van der Waals surface area contributed by atoms with Gasteiger partial charge in [-0.25, -0.2) is 0 Å². The van der Waals surface area contributed by atoms with Gasteiger partial charge in [-0.3, -0.25) is 4.79 Å². The van der Waals surface area contributed by atoms with Crippen LogP contribution in [0.4, 0.5) is 0 Å². The molecule has 1 unspecified atom stereocenters. The van der Waals surface area contributed by atoms with Gasteiger partial charge in [0.05, 0.1) is 0 Å². The van der Waals surface area contributed by atoms with Gasteiger partial charge < -0.3 is 15.8 Å². The maximum absolute atomic E-state index is 11.0. The largest absolute Gasteiger partial charge is 0.458 e. The molecule has 1 aliphatic heterocycles. The molecule has 4 nitrogen and oxygen atoms in total. The van der Waals surface area contributed by atoms with E-state index < -0.39 is 11.9 Å². The van der Waals surface area contributed by atoms with E-state index in [4.69, 9.17) is 10.5 Å². The molecule has 0 aliphatic carbocycles. The number of amides is 1. The molecule has 1 heterocycles. The number of nitrogens with two attached hydrogens (primary N) is 1. The van der Waals surface area contributed by atoms with Crippen molar-refractivity contribution in [3.63, 3.8) is 0 Å². The highest BCUT2D eigenvalue weighted by Gasteiger charge is 2.14. The number of hydrogen-bond acceptors (Lipinski definition) is 3. The zero-order valence-corrected chi connectivity index (χ0v) is 9.51. The average Bonchev–Trinajstić information content (AvgIpc) is 2.32. The quantitative estimate of drug-likeness (QED) is 0.820. The van der Waals surface area contributed by atoms with E-state index in [-0.39, 0.29) is 0 Å². The molecule has 0 spiro atoms. The van der Waals surface area contributed by atoms with Crippen molar-refractivity contribution in [3.8, 4) is 5.75 Å². The van der Waals surface area contributed by atoms with Crippen LogP contribution in [0, 0.1) is 6.92 Å². The van der Waals surface area contributed by atoms with Crippen LogP contribution in [-0.4, -0.2) is 11.9 Å². The van der Waals surface area contributed by atoms with Crippen molar-refractivity contribution in [2.45, 2.75) is 13.0 Å². The summed E-state index contributed by atoms with van der Waals surface area (Å²) >= 11 is 0. The van der Waals surface area contributed by atoms with Crippen molar-refractivity contribution in [2.75, 3.05) is 0 Å². The van der Waals surface area contributed by atoms with Crippen LogP contribution in [0.15, 0.2) is 48.4 Å². The number of rotatable bonds is 3. The minimum Gasteiger partial charge on any atom is -0.458 e. The molecule has 0 saturated heterocycles. The van der Waals surface area contributed by atoms with Crippen molar-refractivity contribution in [2.24, 2.45) is 5.73 Å². The first-order valence-electron chi connectivity index (χ1n) is 5.33. The lowest BCUT2D eigenvalue weighted by Crippen LogP contribution is -2.38. The fraction of sp³-hybridized carbons (Fsp3) is 0.154. The van der Waals surface area contributed by atoms with E-state index in [0.717, 1.165) is 5.75 Å². The van der Waals surface area contributed by atoms with Gasteiger partial charge in [-0.05, 0) is 31.2 Å². The van der Waals surface area contributed by atoms with Crippen LogP contribution in [-0.2, 0) is 4.79 Å². The van der Waals surface area contributed by atoms with Gasteiger partial charge in [-0.2, -0.15) is 0 Å². The van der Waals surface area contributed by atoms with Gasteiger partial charge in [0.25, 0.3) is 0 Å². The lowest BCUT2D eigenvalue weighted by molar-refractivity contribution is -0.118. The van der Waals surface area contributed by atoms with Crippen molar-refractivity contribution in [1.29, 1.82) is 0 Å². The Hall–Kier alpha value is -2.23. The van der Waals surface area contributed by atoms with E-state index in [1.54, 1.807) is 18.4 Å². The van der Waals surface area contributed by atoms with Crippen LogP contribution < -0.4 is 15.8 Å². The Morgan fingerprint density at radius 2 is 2.06 bits per heavy atom. The number of carbonyl (C=O) groups is 1. The summed E-state index contributed by atoms with van der Waals surface area (Å²) in [6.45, 7) is 2.01. The summed E-state index contributed by atoms with van der Waals surface area (Å²) in [5, 5.41) is 2.83. The lowest BCUT2D eigenvalue weighted by atomic mass is 10.2. The third-order valence-electron chi connectivity index (χ3n) is 2.42.